The lowest BCUT2D eigenvalue weighted by Crippen LogP contribution is -1.91. The van der Waals surface area contributed by atoms with Crippen LogP contribution in [-0.2, 0) is 0 Å². The van der Waals surface area contributed by atoms with Crippen LogP contribution in [-0.4, -0.2) is 0 Å². The van der Waals surface area contributed by atoms with Gasteiger partial charge in [0.2, 0.25) is 0 Å². The molecule has 0 aliphatic rings. The van der Waals surface area contributed by atoms with Gasteiger partial charge in [-0.2, -0.15) is 0 Å². The zero-order valence-electron chi connectivity index (χ0n) is 28.6. The molecule has 1 heterocycles. The Bertz CT molecular complexity index is 3640. The highest BCUT2D eigenvalue weighted by atomic mass is 16.3. The fourth-order valence-corrected chi connectivity index (χ4v) is 9.84. The number of fused-ring (bicyclic) bond motifs is 7. The molecule has 0 fully saturated rings. The molecule has 242 valence electrons. The van der Waals surface area contributed by atoms with Crippen molar-refractivity contribution in [2.45, 2.75) is 0 Å². The summed E-state index contributed by atoms with van der Waals surface area (Å²) in [5.74, 6) is 0. The SMILES string of the molecule is c1ccc2c(c1)ccc1oc3c(ccc4c(-c5ccc6ccc7cccc8ccc5c6c78)ccc(-c5ccc6ccc7cccc8ccc5c6c78)c43)c12. The third-order valence-corrected chi connectivity index (χ3v) is 12.1. The van der Waals surface area contributed by atoms with Gasteiger partial charge in [0.15, 0.2) is 0 Å². The molecule has 0 saturated carbocycles. The average molecular weight is 669 g/mol. The van der Waals surface area contributed by atoms with Crippen LogP contribution >= 0.6 is 0 Å². The molecule has 0 aliphatic heterocycles. The van der Waals surface area contributed by atoms with Crippen molar-refractivity contribution in [3.8, 4) is 22.3 Å². The molecule has 13 aromatic rings. The molecule has 1 heteroatoms. The summed E-state index contributed by atoms with van der Waals surface area (Å²) in [5, 5.41) is 22.6. The molecule has 0 unspecified atom stereocenters. The second-order valence-electron chi connectivity index (χ2n) is 14.7. The van der Waals surface area contributed by atoms with E-state index in [0.717, 1.165) is 21.9 Å². The van der Waals surface area contributed by atoms with Gasteiger partial charge in [-0.25, -0.2) is 0 Å². The van der Waals surface area contributed by atoms with Gasteiger partial charge in [0.1, 0.15) is 11.2 Å². The van der Waals surface area contributed by atoms with E-state index in [2.05, 4.69) is 170 Å². The quantitative estimate of drug-likeness (QED) is 0.167. The lowest BCUT2D eigenvalue weighted by Gasteiger charge is -2.18. The molecule has 0 atom stereocenters. The van der Waals surface area contributed by atoms with Crippen molar-refractivity contribution in [1.29, 1.82) is 0 Å². The monoisotopic (exact) mass is 668 g/mol. The molecular formula is C52H28O. The van der Waals surface area contributed by atoms with Gasteiger partial charge in [0.25, 0.3) is 0 Å². The van der Waals surface area contributed by atoms with Crippen molar-refractivity contribution in [3.63, 3.8) is 0 Å². The van der Waals surface area contributed by atoms with E-state index in [-0.39, 0.29) is 0 Å². The Labute approximate surface area is 303 Å². The lowest BCUT2D eigenvalue weighted by molar-refractivity contribution is 0.673. The molecule has 0 N–H and O–H groups in total. The van der Waals surface area contributed by atoms with Crippen molar-refractivity contribution < 1.29 is 4.42 Å². The summed E-state index contributed by atoms with van der Waals surface area (Å²) in [4.78, 5) is 0. The highest BCUT2D eigenvalue weighted by molar-refractivity contribution is 6.31. The Balaban J connectivity index is 1.19. The maximum atomic E-state index is 7.03. The predicted octanol–water partition coefficient (Wildman–Crippen LogP) is 15.0. The predicted molar refractivity (Wildman–Crippen MR) is 227 cm³/mol. The molecule has 0 amide bonds. The van der Waals surface area contributed by atoms with Gasteiger partial charge >= 0.3 is 0 Å². The van der Waals surface area contributed by atoms with Crippen molar-refractivity contribution in [2.75, 3.05) is 0 Å². The van der Waals surface area contributed by atoms with Crippen molar-refractivity contribution in [3.05, 3.63) is 170 Å². The van der Waals surface area contributed by atoms with Crippen LogP contribution in [0, 0.1) is 0 Å². The third-order valence-electron chi connectivity index (χ3n) is 12.1. The van der Waals surface area contributed by atoms with E-state index in [4.69, 9.17) is 4.42 Å². The van der Waals surface area contributed by atoms with Gasteiger partial charge in [-0.1, -0.05) is 158 Å². The van der Waals surface area contributed by atoms with Gasteiger partial charge in [-0.3, -0.25) is 0 Å². The molecule has 13 rings (SSSR count). The molecular weight excluding hydrogens is 641 g/mol. The fourth-order valence-electron chi connectivity index (χ4n) is 9.84. The van der Waals surface area contributed by atoms with Gasteiger partial charge in [0.05, 0.1) is 0 Å². The van der Waals surface area contributed by atoms with Crippen LogP contribution in [0.25, 0.3) is 130 Å². The van der Waals surface area contributed by atoms with Crippen LogP contribution in [0.2, 0.25) is 0 Å². The maximum absolute atomic E-state index is 7.03. The second kappa shape index (κ2) is 9.88. The van der Waals surface area contributed by atoms with Crippen LogP contribution in [0.15, 0.2) is 174 Å². The largest absolute Gasteiger partial charge is 0.455 e. The summed E-state index contributed by atoms with van der Waals surface area (Å²) in [6.45, 7) is 0. The summed E-state index contributed by atoms with van der Waals surface area (Å²) < 4.78 is 7.03. The van der Waals surface area contributed by atoms with Crippen LogP contribution in [0.4, 0.5) is 0 Å². The second-order valence-corrected chi connectivity index (χ2v) is 14.7. The van der Waals surface area contributed by atoms with Gasteiger partial charge in [0, 0.05) is 16.2 Å². The van der Waals surface area contributed by atoms with Crippen molar-refractivity contribution in [1.82, 2.24) is 0 Å². The third kappa shape index (κ3) is 3.56. The molecule has 0 saturated heterocycles. The lowest BCUT2D eigenvalue weighted by atomic mass is 9.85. The van der Waals surface area contributed by atoms with E-state index in [1.807, 2.05) is 0 Å². The minimum Gasteiger partial charge on any atom is -0.455 e. The van der Waals surface area contributed by atoms with Gasteiger partial charge < -0.3 is 4.42 Å². The summed E-state index contributed by atoms with van der Waals surface area (Å²) in [6.07, 6.45) is 0. The molecule has 1 aromatic heterocycles. The van der Waals surface area contributed by atoms with E-state index in [1.165, 1.54) is 108 Å². The zero-order valence-corrected chi connectivity index (χ0v) is 28.6. The van der Waals surface area contributed by atoms with E-state index in [1.54, 1.807) is 0 Å². The fraction of sp³-hybridized carbons (Fsp3) is 0. The molecule has 12 aromatic carbocycles. The first-order valence-electron chi connectivity index (χ1n) is 18.4. The van der Waals surface area contributed by atoms with E-state index >= 15 is 0 Å². The van der Waals surface area contributed by atoms with E-state index < -0.39 is 0 Å². The smallest absolute Gasteiger partial charge is 0.143 e. The molecule has 0 aliphatic carbocycles. The van der Waals surface area contributed by atoms with Crippen molar-refractivity contribution >= 4 is 108 Å². The van der Waals surface area contributed by atoms with E-state index in [9.17, 15) is 0 Å². The maximum Gasteiger partial charge on any atom is 0.143 e. The first-order chi connectivity index (χ1) is 26.3. The van der Waals surface area contributed by atoms with Crippen LogP contribution in [0.5, 0.6) is 0 Å². The first kappa shape index (κ1) is 27.7. The molecule has 53 heavy (non-hydrogen) atoms. The van der Waals surface area contributed by atoms with Gasteiger partial charge in [-0.15, -0.1) is 0 Å². The average Bonchev–Trinajstić information content (AvgIpc) is 3.61. The molecule has 0 bridgehead atoms. The normalized spacial score (nSPS) is 12.5. The van der Waals surface area contributed by atoms with Crippen LogP contribution in [0.1, 0.15) is 0 Å². The number of rotatable bonds is 2. The standard InChI is InChI=1S/C52H28O/c1-2-10-36-29(5-1)19-28-45-50(36)44-27-26-42-38(37-20-15-34-13-11-30-6-3-8-32-17-22-40(37)48(34)46(30)32)24-25-43(51(42)52(44)53-45)39-21-16-35-14-12-31-7-4-9-33-18-23-41(39)49(35)47(31)33/h1-28H. The minimum atomic E-state index is 0.917. The summed E-state index contributed by atoms with van der Waals surface area (Å²) >= 11 is 0. The Kier molecular flexibility index (Phi) is 5.17. The first-order valence-corrected chi connectivity index (χ1v) is 18.4. The molecule has 0 spiro atoms. The number of hydrogen-bond acceptors (Lipinski definition) is 1. The van der Waals surface area contributed by atoms with E-state index in [0.29, 0.717) is 0 Å². The van der Waals surface area contributed by atoms with Crippen LogP contribution in [0.3, 0.4) is 0 Å². The summed E-state index contributed by atoms with van der Waals surface area (Å²) in [6, 6.07) is 63.1. The topological polar surface area (TPSA) is 13.1 Å². The Hall–Kier alpha value is -6.96. The minimum absolute atomic E-state index is 0.917. The molecule has 1 nitrogen and oxygen atoms in total. The Morgan fingerprint density at radius 1 is 0.226 bits per heavy atom. The summed E-state index contributed by atoms with van der Waals surface area (Å²) in [5.41, 5.74) is 6.72. The number of furan rings is 1. The number of benzene rings is 12. The Morgan fingerprint density at radius 3 is 1.28 bits per heavy atom. The zero-order chi connectivity index (χ0) is 34.4. The molecule has 0 radical (unpaired) electrons. The highest BCUT2D eigenvalue weighted by Gasteiger charge is 2.22. The van der Waals surface area contributed by atoms with Gasteiger partial charge in [-0.05, 0) is 115 Å². The number of hydrogen-bond donors (Lipinski definition) is 0. The Morgan fingerprint density at radius 2 is 0.642 bits per heavy atom. The highest BCUT2D eigenvalue weighted by Crippen LogP contribution is 2.48. The van der Waals surface area contributed by atoms with Crippen molar-refractivity contribution in [2.24, 2.45) is 0 Å². The van der Waals surface area contributed by atoms with Crippen LogP contribution < -0.4 is 0 Å². The summed E-state index contributed by atoms with van der Waals surface area (Å²) in [7, 11) is 0.